The maximum atomic E-state index is 13.8. The lowest BCUT2D eigenvalue weighted by Crippen LogP contribution is -2.51. The monoisotopic (exact) mass is 864 g/mol. The van der Waals surface area contributed by atoms with E-state index in [1.54, 1.807) is 60.0 Å². The van der Waals surface area contributed by atoms with Gasteiger partial charge in [0.25, 0.3) is 5.91 Å². The fraction of sp³-hybridized carbons (Fsp3) is 0.127. The van der Waals surface area contributed by atoms with Crippen molar-refractivity contribution in [3.63, 3.8) is 0 Å². The van der Waals surface area contributed by atoms with Crippen molar-refractivity contribution in [1.29, 1.82) is 0 Å². The highest BCUT2D eigenvalue weighted by atomic mass is 16.7. The number of ether oxygens (including phenoxy) is 4. The zero-order chi connectivity index (χ0) is 45.0. The molecule has 0 saturated heterocycles. The molecule has 0 spiro atoms. The molecule has 7 aromatic carbocycles. The van der Waals surface area contributed by atoms with Gasteiger partial charge >= 0.3 is 11.9 Å². The van der Waals surface area contributed by atoms with Gasteiger partial charge in [-0.2, -0.15) is 0 Å². The van der Waals surface area contributed by atoms with Crippen molar-refractivity contribution in [1.82, 2.24) is 5.06 Å². The van der Waals surface area contributed by atoms with Crippen molar-refractivity contribution in [2.75, 3.05) is 18.6 Å². The smallest absolute Gasteiger partial charge is 0.331 e. The second-order valence-electron chi connectivity index (χ2n) is 15.2. The molecule has 0 unspecified atom stereocenters. The predicted octanol–water partition coefficient (Wildman–Crippen LogP) is 10.8. The lowest BCUT2D eigenvalue weighted by Gasteiger charge is -2.32. The van der Waals surface area contributed by atoms with Crippen molar-refractivity contribution in [3.8, 4) is 16.9 Å². The Labute approximate surface area is 378 Å². The van der Waals surface area contributed by atoms with Crippen LogP contribution in [0.25, 0.3) is 11.1 Å². The van der Waals surface area contributed by atoms with Crippen LogP contribution in [0.15, 0.2) is 224 Å². The Bertz CT molecular complexity index is 2600. The van der Waals surface area contributed by atoms with Gasteiger partial charge in [-0.1, -0.05) is 164 Å². The molecule has 10 heteroatoms. The number of hydrogen-bond donors (Lipinski definition) is 1. The van der Waals surface area contributed by atoms with Gasteiger partial charge < -0.3 is 24.1 Å². The molecule has 0 fully saturated rings. The van der Waals surface area contributed by atoms with E-state index >= 15 is 0 Å². The van der Waals surface area contributed by atoms with Crippen molar-refractivity contribution < 1.29 is 38.5 Å². The van der Waals surface area contributed by atoms with Crippen LogP contribution in [0, 0.1) is 0 Å². The normalized spacial score (nSPS) is 13.2. The van der Waals surface area contributed by atoms with Crippen LogP contribution in [-0.4, -0.2) is 47.9 Å². The fourth-order valence-electron chi connectivity index (χ4n) is 7.50. The van der Waals surface area contributed by atoms with Gasteiger partial charge in [-0.05, 0) is 76.7 Å². The van der Waals surface area contributed by atoms with E-state index in [2.05, 4.69) is 0 Å². The number of amides is 1. The molecule has 1 amide bonds. The predicted molar refractivity (Wildman–Crippen MR) is 249 cm³/mol. The van der Waals surface area contributed by atoms with Crippen LogP contribution in [-0.2, 0) is 23.8 Å². The van der Waals surface area contributed by atoms with Gasteiger partial charge in [-0.25, -0.2) is 9.86 Å². The highest BCUT2D eigenvalue weighted by Crippen LogP contribution is 2.35. The molecule has 10 nitrogen and oxygen atoms in total. The van der Waals surface area contributed by atoms with Crippen LogP contribution < -0.4 is 9.64 Å². The summed E-state index contributed by atoms with van der Waals surface area (Å²) in [6.45, 7) is 1.54. The van der Waals surface area contributed by atoms with Crippen molar-refractivity contribution in [2.45, 2.75) is 31.3 Å². The number of aliphatic hydroxyl groups excluding tert-OH is 1. The zero-order valence-corrected chi connectivity index (χ0v) is 35.9. The molecule has 8 rings (SSSR count). The van der Waals surface area contributed by atoms with Crippen LogP contribution in [0.4, 0.5) is 5.69 Å². The Morgan fingerprint density at radius 3 is 1.55 bits per heavy atom. The lowest BCUT2D eigenvalue weighted by atomic mass is 10.0. The molecular weight excluding hydrogens is 817 g/mol. The van der Waals surface area contributed by atoms with Gasteiger partial charge in [0, 0.05) is 11.3 Å². The molecule has 1 heterocycles. The average molecular weight is 865 g/mol. The molecule has 0 radical (unpaired) electrons. The van der Waals surface area contributed by atoms with E-state index < -0.39 is 36.2 Å². The van der Waals surface area contributed by atoms with Crippen molar-refractivity contribution in [2.24, 2.45) is 0 Å². The van der Waals surface area contributed by atoms with E-state index in [1.807, 2.05) is 158 Å². The number of rotatable bonds is 17. The van der Waals surface area contributed by atoms with Crippen LogP contribution in [0.1, 0.15) is 51.7 Å². The first-order valence-electron chi connectivity index (χ1n) is 21.2. The Hall–Kier alpha value is -7.92. The summed E-state index contributed by atoms with van der Waals surface area (Å²) in [6, 6.07) is 62.1. The average Bonchev–Trinajstić information content (AvgIpc) is 3.37. The van der Waals surface area contributed by atoms with Gasteiger partial charge in [0.05, 0.1) is 13.2 Å². The number of nitrogens with zero attached hydrogens (tertiary/aromatic N) is 2. The van der Waals surface area contributed by atoms with E-state index in [0.717, 1.165) is 33.4 Å². The molecule has 0 saturated carbocycles. The minimum absolute atomic E-state index is 0.0881. The molecule has 2 atom stereocenters. The molecule has 0 aromatic heterocycles. The molecule has 1 N–H and O–H groups in total. The Morgan fingerprint density at radius 1 is 0.615 bits per heavy atom. The third-order valence-corrected chi connectivity index (χ3v) is 10.8. The second-order valence-corrected chi connectivity index (χ2v) is 15.2. The molecule has 7 aromatic rings. The van der Waals surface area contributed by atoms with E-state index in [0.29, 0.717) is 22.7 Å². The van der Waals surface area contributed by atoms with Gasteiger partial charge in [-0.15, -0.1) is 0 Å². The van der Waals surface area contributed by atoms with Gasteiger partial charge in [0.15, 0.2) is 12.1 Å². The fourth-order valence-corrected chi connectivity index (χ4v) is 7.50. The third-order valence-electron chi connectivity index (χ3n) is 10.8. The Morgan fingerprint density at radius 2 is 1.08 bits per heavy atom. The number of methoxy groups -OCH3 is 1. The van der Waals surface area contributed by atoms with E-state index in [9.17, 15) is 14.7 Å². The summed E-state index contributed by atoms with van der Waals surface area (Å²) >= 11 is 0. The van der Waals surface area contributed by atoms with Crippen LogP contribution in [0.3, 0.4) is 0 Å². The first kappa shape index (κ1) is 43.7. The Balaban J connectivity index is 1.03. The number of esters is 1. The highest BCUT2D eigenvalue weighted by molar-refractivity contribution is 6.09. The number of benzene rings is 7. The maximum absolute atomic E-state index is 13.8. The molecule has 0 aliphatic carbocycles. The Kier molecular flexibility index (Phi) is 14.1. The SMILES string of the molecule is COC(=O)[C@H]([C@@H](C)O)N(C(=O)c1ccccc1)c1ccc(-c2ccc(OCC3=COC(OC(c4ccccc4)c4ccccc4)=CN3OC(c3ccccc3)c3ccccc3)cc2)cc1. The van der Waals surface area contributed by atoms with E-state index in [1.165, 1.54) is 18.9 Å². The van der Waals surface area contributed by atoms with Crippen molar-refractivity contribution in [3.05, 3.63) is 252 Å². The number of carbonyl (C=O) groups excluding carboxylic acids is 2. The minimum Gasteiger partial charge on any atom is -0.487 e. The number of carbonyl (C=O) groups is 2. The molecule has 326 valence electrons. The largest absolute Gasteiger partial charge is 0.487 e. The van der Waals surface area contributed by atoms with Crippen molar-refractivity contribution >= 4 is 17.6 Å². The van der Waals surface area contributed by atoms with E-state index in [4.69, 9.17) is 23.8 Å². The zero-order valence-electron chi connectivity index (χ0n) is 35.9. The van der Waals surface area contributed by atoms with Crippen LogP contribution >= 0.6 is 0 Å². The first-order chi connectivity index (χ1) is 31.9. The number of aliphatic hydroxyl groups is 1. The molecule has 1 aliphatic heterocycles. The highest BCUT2D eigenvalue weighted by Gasteiger charge is 2.36. The van der Waals surface area contributed by atoms with Gasteiger partial charge in [0.2, 0.25) is 0 Å². The van der Waals surface area contributed by atoms with Gasteiger partial charge in [-0.3, -0.25) is 14.5 Å². The van der Waals surface area contributed by atoms with E-state index in [-0.39, 0.29) is 12.6 Å². The first-order valence-corrected chi connectivity index (χ1v) is 21.2. The molecular formula is C55H48N2O8. The second kappa shape index (κ2) is 21.0. The van der Waals surface area contributed by atoms with Gasteiger partial charge in [0.1, 0.15) is 36.6 Å². The lowest BCUT2D eigenvalue weighted by molar-refractivity contribution is -0.146. The summed E-state index contributed by atoms with van der Waals surface area (Å²) in [4.78, 5) is 34.8. The molecule has 0 bridgehead atoms. The topological polar surface area (TPSA) is 107 Å². The third kappa shape index (κ3) is 10.7. The molecule has 1 aliphatic rings. The maximum Gasteiger partial charge on any atom is 0.331 e. The summed E-state index contributed by atoms with van der Waals surface area (Å²) in [5.41, 5.74) is 6.96. The quantitative estimate of drug-likeness (QED) is 0.0896. The summed E-state index contributed by atoms with van der Waals surface area (Å²) in [5, 5.41) is 12.3. The standard InChI is InChI=1S/C55H48N2O8/c1-39(58)51(55(60)61-2)57(54(59)46-26-16-7-17-27-46)47-32-28-40(29-33-47)41-30-34-49(35-31-41)62-37-48-38-63-50(64-52(42-18-8-3-9-19-42)43-20-10-4-11-21-43)36-56(48)65-53(44-22-12-5-13-23-44)45-24-14-6-15-25-45/h3-36,38-39,51-53,58H,37H2,1-2H3/t39-,51+/m1/s1. The minimum atomic E-state index is -1.27. The summed E-state index contributed by atoms with van der Waals surface area (Å²) in [6.07, 6.45) is 1.14. The van der Waals surface area contributed by atoms with Crippen LogP contribution in [0.2, 0.25) is 0 Å². The van der Waals surface area contributed by atoms with Crippen LogP contribution in [0.5, 0.6) is 5.75 Å². The summed E-state index contributed by atoms with van der Waals surface area (Å²) in [5.74, 6) is -0.338. The number of hydroxylamine groups is 2. The molecule has 65 heavy (non-hydrogen) atoms. The number of hydrogen-bond acceptors (Lipinski definition) is 9. The number of anilines is 1. The summed E-state index contributed by atoms with van der Waals surface area (Å²) in [7, 11) is 1.23. The summed E-state index contributed by atoms with van der Waals surface area (Å²) < 4.78 is 24.2.